The van der Waals surface area contributed by atoms with E-state index in [-0.39, 0.29) is 23.0 Å². The summed E-state index contributed by atoms with van der Waals surface area (Å²) in [5.41, 5.74) is 1.09. The van der Waals surface area contributed by atoms with Gasteiger partial charge in [0.15, 0.2) is 0 Å². The van der Waals surface area contributed by atoms with Gasteiger partial charge in [-0.2, -0.15) is 0 Å². The van der Waals surface area contributed by atoms with Crippen LogP contribution in [0.4, 0.5) is 14.5 Å². The number of halogens is 2. The lowest BCUT2D eigenvalue weighted by atomic mass is 10.1. The number of carbonyl (C=O) groups excluding carboxylic acids is 1. The van der Waals surface area contributed by atoms with E-state index in [1.54, 1.807) is 48.2 Å². The van der Waals surface area contributed by atoms with Crippen molar-refractivity contribution in [2.45, 2.75) is 22.6 Å². The summed E-state index contributed by atoms with van der Waals surface area (Å²) < 4.78 is 53.0. The van der Waals surface area contributed by atoms with E-state index >= 15 is 0 Å². The van der Waals surface area contributed by atoms with Crippen LogP contribution in [0.25, 0.3) is 0 Å². The fraction of sp³-hybridized carbons (Fsp3) is 0.174. The molecule has 3 rings (SSSR count). The summed E-state index contributed by atoms with van der Waals surface area (Å²) in [6, 6.07) is 17.3. The minimum Gasteiger partial charge on any atom is -0.356 e. The highest BCUT2D eigenvalue weighted by atomic mass is 32.2. The van der Waals surface area contributed by atoms with Gasteiger partial charge in [0.2, 0.25) is 5.91 Å². The Morgan fingerprint density at radius 2 is 1.44 bits per heavy atom. The summed E-state index contributed by atoms with van der Waals surface area (Å²) in [5.74, 6) is -0.107. The number of amides is 1. The molecule has 0 saturated carbocycles. The van der Waals surface area contributed by atoms with Gasteiger partial charge >= 0.3 is 0 Å². The van der Waals surface area contributed by atoms with E-state index in [0.717, 1.165) is 34.8 Å². The van der Waals surface area contributed by atoms with Gasteiger partial charge in [-0.25, -0.2) is 17.2 Å². The van der Waals surface area contributed by atoms with Crippen LogP contribution in [0.15, 0.2) is 82.6 Å². The van der Waals surface area contributed by atoms with Gasteiger partial charge in [-0.3, -0.25) is 9.52 Å². The van der Waals surface area contributed by atoms with Gasteiger partial charge in [-0.1, -0.05) is 12.1 Å². The second-order valence-corrected chi connectivity index (χ2v) is 9.79. The first kappa shape index (κ1) is 23.7. The Balaban J connectivity index is 1.41. The predicted octanol–water partition coefficient (Wildman–Crippen LogP) is 4.61. The molecule has 0 fully saturated rings. The van der Waals surface area contributed by atoms with Crippen molar-refractivity contribution in [2.24, 2.45) is 0 Å². The van der Waals surface area contributed by atoms with Gasteiger partial charge < -0.3 is 5.32 Å². The van der Waals surface area contributed by atoms with Crippen LogP contribution in [0.1, 0.15) is 12.0 Å². The number of benzene rings is 3. The fourth-order valence-electron chi connectivity index (χ4n) is 2.79. The number of nitrogens with one attached hydrogen (secondary N) is 2. The van der Waals surface area contributed by atoms with E-state index in [4.69, 9.17) is 0 Å². The zero-order valence-electron chi connectivity index (χ0n) is 17.1. The van der Waals surface area contributed by atoms with Crippen molar-refractivity contribution in [3.8, 4) is 0 Å². The number of hydrogen-bond acceptors (Lipinski definition) is 4. The standard InChI is InChI=1S/C23H22F2N2O3S2/c24-18-4-10-21(11-5-18)31-15-1-14-26-23(28)16-17-2-8-20(9-3-17)27-32(29,30)22-12-6-19(25)7-13-22/h2-13,27H,1,14-16H2,(H,26,28). The zero-order chi connectivity index (χ0) is 23.0. The van der Waals surface area contributed by atoms with Gasteiger partial charge in [0.05, 0.1) is 11.3 Å². The minimum absolute atomic E-state index is 0.0417. The molecule has 0 aliphatic carbocycles. The van der Waals surface area contributed by atoms with Gasteiger partial charge in [0, 0.05) is 17.1 Å². The van der Waals surface area contributed by atoms with Gasteiger partial charge in [-0.15, -0.1) is 11.8 Å². The largest absolute Gasteiger partial charge is 0.356 e. The molecule has 168 valence electrons. The molecule has 0 radical (unpaired) electrons. The molecule has 0 aliphatic heterocycles. The van der Waals surface area contributed by atoms with E-state index in [1.165, 1.54) is 24.3 Å². The molecule has 2 N–H and O–H groups in total. The monoisotopic (exact) mass is 476 g/mol. The maximum atomic E-state index is 13.0. The highest BCUT2D eigenvalue weighted by Crippen LogP contribution is 2.19. The van der Waals surface area contributed by atoms with E-state index in [2.05, 4.69) is 10.0 Å². The summed E-state index contributed by atoms with van der Waals surface area (Å²) >= 11 is 1.60. The van der Waals surface area contributed by atoms with Crippen LogP contribution in [0.3, 0.4) is 0 Å². The van der Waals surface area contributed by atoms with Crippen LogP contribution in [-0.4, -0.2) is 26.6 Å². The first-order valence-electron chi connectivity index (χ1n) is 9.84. The molecule has 3 aromatic rings. The number of anilines is 1. The molecule has 9 heteroatoms. The van der Waals surface area contributed by atoms with Gasteiger partial charge in [0.25, 0.3) is 10.0 Å². The minimum atomic E-state index is -3.82. The summed E-state index contributed by atoms with van der Waals surface area (Å²) in [6.45, 7) is 0.530. The molecule has 0 unspecified atom stereocenters. The molecular formula is C23H22F2N2O3S2. The third-order valence-electron chi connectivity index (χ3n) is 4.42. The van der Waals surface area contributed by atoms with E-state index in [0.29, 0.717) is 12.2 Å². The molecule has 0 aromatic heterocycles. The Morgan fingerprint density at radius 1 is 0.844 bits per heavy atom. The fourth-order valence-corrected chi connectivity index (χ4v) is 4.70. The number of carbonyl (C=O) groups is 1. The number of thioether (sulfide) groups is 1. The van der Waals surface area contributed by atoms with E-state index in [9.17, 15) is 22.0 Å². The van der Waals surface area contributed by atoms with Crippen LogP contribution < -0.4 is 10.0 Å². The zero-order valence-corrected chi connectivity index (χ0v) is 18.7. The van der Waals surface area contributed by atoms with Crippen molar-refractivity contribution >= 4 is 33.4 Å². The van der Waals surface area contributed by atoms with Crippen LogP contribution >= 0.6 is 11.8 Å². The Kier molecular flexibility index (Phi) is 8.24. The molecule has 0 atom stereocenters. The second kappa shape index (κ2) is 11.1. The number of hydrogen-bond donors (Lipinski definition) is 2. The van der Waals surface area contributed by atoms with Gasteiger partial charge in [-0.05, 0) is 78.4 Å². The molecule has 0 spiro atoms. The molecule has 0 heterocycles. The van der Waals surface area contributed by atoms with E-state index in [1.807, 2.05) is 0 Å². The van der Waals surface area contributed by atoms with E-state index < -0.39 is 15.8 Å². The predicted molar refractivity (Wildman–Crippen MR) is 122 cm³/mol. The highest BCUT2D eigenvalue weighted by molar-refractivity contribution is 7.99. The molecule has 1 amide bonds. The normalized spacial score (nSPS) is 11.2. The molecular weight excluding hydrogens is 454 g/mol. The lowest BCUT2D eigenvalue weighted by molar-refractivity contribution is -0.120. The first-order chi connectivity index (χ1) is 15.3. The summed E-state index contributed by atoms with van der Waals surface area (Å²) in [5, 5.41) is 2.85. The lowest BCUT2D eigenvalue weighted by Gasteiger charge is -2.09. The Morgan fingerprint density at radius 3 is 2.06 bits per heavy atom. The molecule has 0 aliphatic rings. The van der Waals surface area contributed by atoms with Crippen LogP contribution in [0.5, 0.6) is 0 Å². The summed E-state index contributed by atoms with van der Waals surface area (Å²) in [4.78, 5) is 13.0. The Bertz CT molecular complexity index is 1140. The maximum absolute atomic E-state index is 13.0. The topological polar surface area (TPSA) is 75.3 Å². The molecule has 5 nitrogen and oxygen atoms in total. The van der Waals surface area contributed by atoms with Gasteiger partial charge in [0.1, 0.15) is 11.6 Å². The van der Waals surface area contributed by atoms with Crippen LogP contribution in [0, 0.1) is 11.6 Å². The Hall–Kier alpha value is -2.91. The SMILES string of the molecule is O=C(Cc1ccc(NS(=O)(=O)c2ccc(F)cc2)cc1)NCCCSc1ccc(F)cc1. The number of rotatable bonds is 10. The summed E-state index contributed by atoms with van der Waals surface area (Å²) in [6.07, 6.45) is 0.952. The van der Waals surface area contributed by atoms with Crippen LogP contribution in [0.2, 0.25) is 0 Å². The maximum Gasteiger partial charge on any atom is 0.261 e. The first-order valence-corrected chi connectivity index (χ1v) is 12.3. The average molecular weight is 477 g/mol. The third-order valence-corrected chi connectivity index (χ3v) is 6.92. The quantitative estimate of drug-likeness (QED) is 0.331. The summed E-state index contributed by atoms with van der Waals surface area (Å²) in [7, 11) is -3.82. The van der Waals surface area contributed by atoms with Crippen molar-refractivity contribution in [1.29, 1.82) is 0 Å². The third kappa shape index (κ3) is 7.35. The lowest BCUT2D eigenvalue weighted by Crippen LogP contribution is -2.26. The Labute approximate surface area is 190 Å². The van der Waals surface area contributed by atoms with Crippen LogP contribution in [-0.2, 0) is 21.2 Å². The molecule has 32 heavy (non-hydrogen) atoms. The molecule has 0 saturated heterocycles. The smallest absolute Gasteiger partial charge is 0.261 e. The molecule has 0 bridgehead atoms. The van der Waals surface area contributed by atoms with Crippen molar-refractivity contribution < 1.29 is 22.0 Å². The highest BCUT2D eigenvalue weighted by Gasteiger charge is 2.14. The second-order valence-electron chi connectivity index (χ2n) is 6.94. The van der Waals surface area contributed by atoms with Crippen molar-refractivity contribution in [3.05, 3.63) is 90.0 Å². The van der Waals surface area contributed by atoms with Crippen molar-refractivity contribution in [1.82, 2.24) is 5.32 Å². The van der Waals surface area contributed by atoms with Crippen molar-refractivity contribution in [3.63, 3.8) is 0 Å². The molecule has 3 aromatic carbocycles. The average Bonchev–Trinajstić information content (AvgIpc) is 2.76. The van der Waals surface area contributed by atoms with Crippen molar-refractivity contribution in [2.75, 3.05) is 17.0 Å². The number of sulfonamides is 1.